The lowest BCUT2D eigenvalue weighted by Crippen LogP contribution is -2.31. The molecule has 1 aliphatic rings. The van der Waals surface area contributed by atoms with Gasteiger partial charge in [0, 0.05) is 13.2 Å². The minimum absolute atomic E-state index is 0.0234. The zero-order valence-corrected chi connectivity index (χ0v) is 10.7. The van der Waals surface area contributed by atoms with E-state index in [9.17, 15) is 8.42 Å². The molecule has 0 saturated carbocycles. The van der Waals surface area contributed by atoms with Gasteiger partial charge in [-0.15, -0.1) is 0 Å². The highest BCUT2D eigenvalue weighted by atomic mass is 32.2. The van der Waals surface area contributed by atoms with Crippen LogP contribution in [0.15, 0.2) is 29.2 Å². The first kappa shape index (κ1) is 12.5. The Morgan fingerprint density at radius 3 is 2.65 bits per heavy atom. The molecule has 5 heteroatoms. The molecule has 1 aliphatic heterocycles. The van der Waals surface area contributed by atoms with Gasteiger partial charge in [-0.05, 0) is 31.9 Å². The zero-order chi connectivity index (χ0) is 12.3. The van der Waals surface area contributed by atoms with Crippen molar-refractivity contribution in [3.8, 4) is 0 Å². The van der Waals surface area contributed by atoms with Gasteiger partial charge in [0.15, 0.2) is 0 Å². The van der Waals surface area contributed by atoms with Crippen molar-refractivity contribution >= 4 is 10.0 Å². The molecular formula is C12H17NO3S. The van der Waals surface area contributed by atoms with E-state index in [1.807, 2.05) is 6.92 Å². The van der Waals surface area contributed by atoms with E-state index in [0.29, 0.717) is 11.4 Å². The summed E-state index contributed by atoms with van der Waals surface area (Å²) in [6, 6.07) is 6.82. The monoisotopic (exact) mass is 255 g/mol. The lowest BCUT2D eigenvalue weighted by Gasteiger charge is -2.11. The topological polar surface area (TPSA) is 55.4 Å². The van der Waals surface area contributed by atoms with Crippen LogP contribution in [-0.2, 0) is 14.8 Å². The Kier molecular flexibility index (Phi) is 3.81. The van der Waals surface area contributed by atoms with Crippen molar-refractivity contribution in [3.63, 3.8) is 0 Å². The first-order chi connectivity index (χ1) is 8.08. The average Bonchev–Trinajstić information content (AvgIpc) is 2.80. The van der Waals surface area contributed by atoms with E-state index in [4.69, 9.17) is 4.74 Å². The molecule has 1 aromatic carbocycles. The Morgan fingerprint density at radius 2 is 2.06 bits per heavy atom. The summed E-state index contributed by atoms with van der Waals surface area (Å²) in [7, 11) is -3.39. The zero-order valence-electron chi connectivity index (χ0n) is 9.85. The van der Waals surface area contributed by atoms with Crippen molar-refractivity contribution in [1.82, 2.24) is 4.72 Å². The third-order valence-electron chi connectivity index (χ3n) is 2.86. The fraction of sp³-hybridized carbons (Fsp3) is 0.500. The van der Waals surface area contributed by atoms with E-state index in [2.05, 4.69) is 4.72 Å². The quantitative estimate of drug-likeness (QED) is 0.886. The van der Waals surface area contributed by atoms with Gasteiger partial charge in [0.05, 0.1) is 11.0 Å². The predicted molar refractivity (Wildman–Crippen MR) is 65.3 cm³/mol. The van der Waals surface area contributed by atoms with Crippen LogP contribution in [0.3, 0.4) is 0 Å². The maximum absolute atomic E-state index is 11.9. The fourth-order valence-electron chi connectivity index (χ4n) is 1.81. The van der Waals surface area contributed by atoms with Gasteiger partial charge in [-0.2, -0.15) is 0 Å². The molecule has 0 aromatic heterocycles. The van der Waals surface area contributed by atoms with Crippen LogP contribution < -0.4 is 4.72 Å². The molecule has 1 saturated heterocycles. The first-order valence-electron chi connectivity index (χ1n) is 5.76. The molecule has 0 bridgehead atoms. The summed E-state index contributed by atoms with van der Waals surface area (Å²) in [5.41, 5.74) is 1.04. The Hall–Kier alpha value is -0.910. The van der Waals surface area contributed by atoms with E-state index < -0.39 is 10.0 Å². The summed E-state index contributed by atoms with van der Waals surface area (Å²) < 4.78 is 31.8. The van der Waals surface area contributed by atoms with Crippen molar-refractivity contribution in [2.45, 2.75) is 30.8 Å². The van der Waals surface area contributed by atoms with Crippen LogP contribution in [0.4, 0.5) is 0 Å². The van der Waals surface area contributed by atoms with Crippen LogP contribution >= 0.6 is 0 Å². The molecule has 0 aliphatic carbocycles. The number of hydrogen-bond acceptors (Lipinski definition) is 3. The van der Waals surface area contributed by atoms with Crippen molar-refractivity contribution in [2.24, 2.45) is 0 Å². The molecule has 0 radical (unpaired) electrons. The van der Waals surface area contributed by atoms with E-state index in [1.54, 1.807) is 24.3 Å². The Bertz CT molecular complexity index is 461. The highest BCUT2D eigenvalue weighted by molar-refractivity contribution is 7.89. The SMILES string of the molecule is Cc1ccc(S(=O)(=O)NC[C@H]2CCCO2)cc1. The number of nitrogens with one attached hydrogen (secondary N) is 1. The third-order valence-corrected chi connectivity index (χ3v) is 4.30. The summed E-state index contributed by atoms with van der Waals surface area (Å²) in [4.78, 5) is 0.307. The van der Waals surface area contributed by atoms with Crippen LogP contribution in [-0.4, -0.2) is 27.7 Å². The molecule has 0 unspecified atom stereocenters. The van der Waals surface area contributed by atoms with E-state index in [-0.39, 0.29) is 6.10 Å². The van der Waals surface area contributed by atoms with Crippen molar-refractivity contribution in [2.75, 3.05) is 13.2 Å². The molecule has 1 atom stereocenters. The van der Waals surface area contributed by atoms with Crippen LogP contribution in [0.1, 0.15) is 18.4 Å². The number of rotatable bonds is 4. The summed E-state index contributed by atoms with van der Waals surface area (Å²) in [6.07, 6.45) is 1.96. The number of hydrogen-bond donors (Lipinski definition) is 1. The van der Waals surface area contributed by atoms with Crippen LogP contribution in [0.25, 0.3) is 0 Å². The lowest BCUT2D eigenvalue weighted by atomic mass is 10.2. The number of sulfonamides is 1. The van der Waals surface area contributed by atoms with E-state index in [0.717, 1.165) is 25.0 Å². The molecule has 1 heterocycles. The van der Waals surface area contributed by atoms with Crippen molar-refractivity contribution in [3.05, 3.63) is 29.8 Å². The smallest absolute Gasteiger partial charge is 0.240 e. The molecule has 17 heavy (non-hydrogen) atoms. The molecular weight excluding hydrogens is 238 g/mol. The predicted octanol–water partition coefficient (Wildman–Crippen LogP) is 1.45. The summed E-state index contributed by atoms with van der Waals surface area (Å²) in [5, 5.41) is 0. The van der Waals surface area contributed by atoms with Gasteiger partial charge in [0.2, 0.25) is 10.0 Å². The second-order valence-electron chi connectivity index (χ2n) is 4.30. The maximum Gasteiger partial charge on any atom is 0.240 e. The molecule has 2 rings (SSSR count). The Balaban J connectivity index is 2.00. The molecule has 0 amide bonds. The van der Waals surface area contributed by atoms with Gasteiger partial charge in [-0.3, -0.25) is 0 Å². The summed E-state index contributed by atoms with van der Waals surface area (Å²) >= 11 is 0. The highest BCUT2D eigenvalue weighted by Crippen LogP contribution is 2.13. The fourth-order valence-corrected chi connectivity index (χ4v) is 2.88. The Morgan fingerprint density at radius 1 is 1.35 bits per heavy atom. The second-order valence-corrected chi connectivity index (χ2v) is 6.07. The number of ether oxygens (including phenoxy) is 1. The number of aryl methyl sites for hydroxylation is 1. The maximum atomic E-state index is 11.9. The van der Waals surface area contributed by atoms with Gasteiger partial charge >= 0.3 is 0 Å². The second kappa shape index (κ2) is 5.16. The molecule has 4 nitrogen and oxygen atoms in total. The van der Waals surface area contributed by atoms with Crippen molar-refractivity contribution < 1.29 is 13.2 Å². The average molecular weight is 255 g/mol. The summed E-state index contributed by atoms with van der Waals surface area (Å²) in [5.74, 6) is 0. The normalized spacial score (nSPS) is 20.6. The van der Waals surface area contributed by atoms with Crippen LogP contribution in [0.5, 0.6) is 0 Å². The van der Waals surface area contributed by atoms with Gasteiger partial charge in [0.1, 0.15) is 0 Å². The molecule has 1 fully saturated rings. The molecule has 1 N–H and O–H groups in total. The van der Waals surface area contributed by atoms with Gasteiger partial charge < -0.3 is 4.74 Å². The van der Waals surface area contributed by atoms with Crippen molar-refractivity contribution in [1.29, 1.82) is 0 Å². The highest BCUT2D eigenvalue weighted by Gasteiger charge is 2.19. The largest absolute Gasteiger partial charge is 0.377 e. The molecule has 1 aromatic rings. The van der Waals surface area contributed by atoms with E-state index in [1.165, 1.54) is 0 Å². The van der Waals surface area contributed by atoms with Gasteiger partial charge in [-0.25, -0.2) is 13.1 Å². The Labute approximate surface area is 102 Å². The van der Waals surface area contributed by atoms with Crippen LogP contribution in [0.2, 0.25) is 0 Å². The van der Waals surface area contributed by atoms with E-state index >= 15 is 0 Å². The first-order valence-corrected chi connectivity index (χ1v) is 7.24. The molecule has 94 valence electrons. The lowest BCUT2D eigenvalue weighted by molar-refractivity contribution is 0.114. The third kappa shape index (κ3) is 3.28. The van der Waals surface area contributed by atoms with Gasteiger partial charge in [-0.1, -0.05) is 17.7 Å². The minimum Gasteiger partial charge on any atom is -0.377 e. The molecule has 0 spiro atoms. The minimum atomic E-state index is -3.39. The van der Waals surface area contributed by atoms with Crippen LogP contribution in [0, 0.1) is 6.92 Å². The standard InChI is InChI=1S/C12H17NO3S/c1-10-4-6-12(7-5-10)17(14,15)13-9-11-3-2-8-16-11/h4-7,11,13H,2-3,8-9H2,1H3/t11-/m1/s1. The number of benzene rings is 1. The van der Waals surface area contributed by atoms with Gasteiger partial charge in [0.25, 0.3) is 0 Å². The summed E-state index contributed by atoms with van der Waals surface area (Å²) in [6.45, 7) is 3.02.